The molecular weight excluding hydrogens is 394 g/mol. The molecule has 1 aromatic heterocycles. The Morgan fingerprint density at radius 2 is 1.76 bits per heavy atom. The second-order valence-electron chi connectivity index (χ2n) is 6.26. The van der Waals surface area contributed by atoms with Crippen molar-refractivity contribution in [1.82, 2.24) is 9.78 Å². The van der Waals surface area contributed by atoms with Crippen LogP contribution in [0.15, 0.2) is 48.7 Å². The molecule has 0 aliphatic carbocycles. The summed E-state index contributed by atoms with van der Waals surface area (Å²) < 4.78 is 17.7. The number of aromatic nitrogens is 2. The molecule has 1 N–H and O–H groups in total. The lowest BCUT2D eigenvalue weighted by molar-refractivity contribution is -0.115. The molecule has 0 spiro atoms. The summed E-state index contributed by atoms with van der Waals surface area (Å²) in [4.78, 5) is 12.6. The Labute approximate surface area is 174 Å². The van der Waals surface area contributed by atoms with Crippen molar-refractivity contribution in [2.75, 3.05) is 26.6 Å². The van der Waals surface area contributed by atoms with Gasteiger partial charge in [-0.25, -0.2) is 4.68 Å². The second kappa shape index (κ2) is 9.34. The number of rotatable bonds is 8. The van der Waals surface area contributed by atoms with Crippen molar-refractivity contribution >= 4 is 23.3 Å². The number of nitrogens with zero attached hydrogens (tertiary/aromatic N) is 2. The molecule has 0 atom stereocenters. The summed E-state index contributed by atoms with van der Waals surface area (Å²) in [6.45, 7) is 0.493. The summed E-state index contributed by atoms with van der Waals surface area (Å²) in [5.74, 6) is 1.90. The van der Waals surface area contributed by atoms with Gasteiger partial charge in [0.25, 0.3) is 0 Å². The summed E-state index contributed by atoms with van der Waals surface area (Å²) in [6, 6.07) is 12.8. The Kier molecular flexibility index (Phi) is 6.61. The van der Waals surface area contributed by atoms with Gasteiger partial charge in [0, 0.05) is 11.1 Å². The second-order valence-corrected chi connectivity index (χ2v) is 6.70. The van der Waals surface area contributed by atoms with Crippen molar-refractivity contribution in [3.8, 4) is 17.2 Å². The number of carbonyl (C=O) groups is 1. The first-order valence-corrected chi connectivity index (χ1v) is 9.26. The Bertz CT molecular complexity index is 978. The van der Waals surface area contributed by atoms with Crippen LogP contribution in [0.3, 0.4) is 0 Å². The maximum Gasteiger partial charge on any atom is 0.229 e. The summed E-state index contributed by atoms with van der Waals surface area (Å²) in [6.07, 6.45) is 1.78. The third kappa shape index (κ3) is 5.00. The van der Waals surface area contributed by atoms with Crippen LogP contribution in [-0.4, -0.2) is 37.0 Å². The van der Waals surface area contributed by atoms with Crippen molar-refractivity contribution in [1.29, 1.82) is 0 Å². The maximum absolute atomic E-state index is 12.6. The fourth-order valence-corrected chi connectivity index (χ4v) is 3.20. The first-order chi connectivity index (χ1) is 14.0. The molecule has 0 bridgehead atoms. The van der Waals surface area contributed by atoms with Crippen LogP contribution in [0, 0.1) is 0 Å². The van der Waals surface area contributed by atoms with E-state index in [1.807, 2.05) is 24.3 Å². The molecule has 152 valence electrons. The van der Waals surface area contributed by atoms with E-state index in [9.17, 15) is 4.79 Å². The van der Waals surface area contributed by atoms with Crippen molar-refractivity contribution in [3.63, 3.8) is 0 Å². The molecule has 0 radical (unpaired) electrons. The van der Waals surface area contributed by atoms with Crippen molar-refractivity contribution in [2.24, 2.45) is 0 Å². The van der Waals surface area contributed by atoms with Crippen molar-refractivity contribution in [3.05, 3.63) is 64.8 Å². The fraction of sp³-hybridized carbons (Fsp3) is 0.238. The highest BCUT2D eigenvalue weighted by Crippen LogP contribution is 2.38. The molecule has 8 heteroatoms. The number of nitrogens with one attached hydrogen (secondary N) is 1. The van der Waals surface area contributed by atoms with Crippen LogP contribution < -0.4 is 19.5 Å². The van der Waals surface area contributed by atoms with Gasteiger partial charge in [-0.05, 0) is 35.4 Å². The molecule has 0 aliphatic heterocycles. The number of methoxy groups -OCH3 is 3. The van der Waals surface area contributed by atoms with Crippen molar-refractivity contribution < 1.29 is 19.0 Å². The molecule has 1 amide bonds. The Morgan fingerprint density at radius 3 is 2.38 bits per heavy atom. The van der Waals surface area contributed by atoms with Gasteiger partial charge in [0.15, 0.2) is 11.5 Å². The average molecular weight is 416 g/mol. The highest BCUT2D eigenvalue weighted by atomic mass is 35.5. The lowest BCUT2D eigenvalue weighted by atomic mass is 10.1. The molecule has 0 saturated carbocycles. The Balaban J connectivity index is 1.73. The molecule has 0 fully saturated rings. The molecule has 0 saturated heterocycles. The van der Waals surface area contributed by atoms with Crippen LogP contribution in [0.4, 0.5) is 5.82 Å². The predicted octanol–water partition coefficient (Wildman–Crippen LogP) is 3.79. The molecule has 7 nitrogen and oxygen atoms in total. The zero-order chi connectivity index (χ0) is 20.8. The van der Waals surface area contributed by atoms with Crippen molar-refractivity contribution in [2.45, 2.75) is 13.0 Å². The number of halogens is 1. The van der Waals surface area contributed by atoms with Gasteiger partial charge in [0.2, 0.25) is 11.7 Å². The molecule has 1 heterocycles. The topological polar surface area (TPSA) is 74.6 Å². The van der Waals surface area contributed by atoms with Gasteiger partial charge in [-0.3, -0.25) is 4.79 Å². The number of anilines is 1. The zero-order valence-corrected chi connectivity index (χ0v) is 17.2. The van der Waals surface area contributed by atoms with E-state index in [4.69, 9.17) is 25.8 Å². The first kappa shape index (κ1) is 20.5. The summed E-state index contributed by atoms with van der Waals surface area (Å²) in [5.41, 5.74) is 1.72. The van der Waals surface area contributed by atoms with Gasteiger partial charge in [0.1, 0.15) is 5.82 Å². The molecule has 29 heavy (non-hydrogen) atoms. The smallest absolute Gasteiger partial charge is 0.229 e. The van der Waals surface area contributed by atoms with Gasteiger partial charge in [-0.2, -0.15) is 5.10 Å². The lowest BCUT2D eigenvalue weighted by Gasteiger charge is -2.14. The van der Waals surface area contributed by atoms with E-state index in [0.717, 1.165) is 11.1 Å². The van der Waals surface area contributed by atoms with E-state index in [2.05, 4.69) is 10.4 Å². The Morgan fingerprint density at radius 1 is 1.03 bits per heavy atom. The van der Waals surface area contributed by atoms with Gasteiger partial charge in [-0.15, -0.1) is 0 Å². The summed E-state index contributed by atoms with van der Waals surface area (Å²) >= 11 is 6.04. The average Bonchev–Trinajstić information content (AvgIpc) is 3.13. The van der Waals surface area contributed by atoms with Gasteiger partial charge in [0.05, 0.1) is 40.5 Å². The third-order valence-electron chi connectivity index (χ3n) is 4.29. The normalized spacial score (nSPS) is 10.5. The zero-order valence-electron chi connectivity index (χ0n) is 16.4. The van der Waals surface area contributed by atoms with E-state index in [1.54, 1.807) is 29.1 Å². The molecule has 3 aromatic rings. The Hall–Kier alpha value is -3.19. The van der Waals surface area contributed by atoms with Crippen LogP contribution in [0.5, 0.6) is 17.2 Å². The number of ether oxygens (including phenoxy) is 3. The molecule has 0 aliphatic rings. The summed E-state index contributed by atoms with van der Waals surface area (Å²) in [7, 11) is 4.61. The first-order valence-electron chi connectivity index (χ1n) is 8.89. The minimum Gasteiger partial charge on any atom is -0.493 e. The lowest BCUT2D eigenvalue weighted by Crippen LogP contribution is -2.18. The van der Waals surface area contributed by atoms with E-state index < -0.39 is 0 Å². The quantitative estimate of drug-likeness (QED) is 0.605. The fourth-order valence-electron chi connectivity index (χ4n) is 2.98. The van der Waals surface area contributed by atoms with Crippen LogP contribution in [0.2, 0.25) is 5.02 Å². The minimum atomic E-state index is -0.188. The predicted molar refractivity (Wildman–Crippen MR) is 111 cm³/mol. The third-order valence-corrected chi connectivity index (χ3v) is 4.53. The highest BCUT2D eigenvalue weighted by Gasteiger charge is 2.16. The number of carbonyl (C=O) groups excluding carboxylic acids is 1. The van der Waals surface area contributed by atoms with Crippen LogP contribution in [0.1, 0.15) is 11.1 Å². The van der Waals surface area contributed by atoms with E-state index in [-0.39, 0.29) is 12.3 Å². The van der Waals surface area contributed by atoms with E-state index in [0.29, 0.717) is 34.6 Å². The molecule has 0 unspecified atom stereocenters. The molecule has 2 aromatic carbocycles. The largest absolute Gasteiger partial charge is 0.493 e. The maximum atomic E-state index is 12.6. The highest BCUT2D eigenvalue weighted by molar-refractivity contribution is 6.30. The monoisotopic (exact) mass is 415 g/mol. The van der Waals surface area contributed by atoms with E-state index in [1.165, 1.54) is 21.3 Å². The van der Waals surface area contributed by atoms with Gasteiger partial charge >= 0.3 is 0 Å². The van der Waals surface area contributed by atoms with Gasteiger partial charge in [-0.1, -0.05) is 23.7 Å². The SMILES string of the molecule is COc1cc(CC(=O)Nc2ccnn2Cc2cccc(Cl)c2)cc(OC)c1OC. The van der Waals surface area contributed by atoms with Crippen LogP contribution in [-0.2, 0) is 17.8 Å². The summed E-state index contributed by atoms with van der Waals surface area (Å²) in [5, 5.41) is 7.83. The standard InChI is InChI=1S/C21H22ClN3O4/c1-27-17-10-15(11-18(28-2)21(17)29-3)12-20(26)24-19-7-8-23-25(19)13-14-5-4-6-16(22)9-14/h4-11H,12-13H2,1-3H3,(H,24,26). The number of hydrogen-bond donors (Lipinski definition) is 1. The molecular formula is C21H22ClN3O4. The van der Waals surface area contributed by atoms with Gasteiger partial charge < -0.3 is 19.5 Å². The number of amides is 1. The van der Waals surface area contributed by atoms with Crippen LogP contribution >= 0.6 is 11.6 Å². The number of benzene rings is 2. The van der Waals surface area contributed by atoms with E-state index >= 15 is 0 Å². The molecule has 3 rings (SSSR count). The number of hydrogen-bond acceptors (Lipinski definition) is 5. The minimum absolute atomic E-state index is 0.138. The van der Waals surface area contributed by atoms with Crippen LogP contribution in [0.25, 0.3) is 0 Å².